The Morgan fingerprint density at radius 3 is 2.13 bits per heavy atom. The number of carbonyl (C=O) groups excluding carboxylic acids is 1. The molecule has 0 aliphatic carbocycles. The molecule has 0 radical (unpaired) electrons. The number of aliphatic hydroxyl groups is 1. The second-order valence-corrected chi connectivity index (χ2v) is 8.16. The van der Waals surface area contributed by atoms with Crippen LogP contribution in [0.15, 0.2) is 54.9 Å². The van der Waals surface area contributed by atoms with E-state index in [0.29, 0.717) is 11.4 Å². The Morgan fingerprint density at radius 1 is 0.900 bits per heavy atom. The van der Waals surface area contributed by atoms with Gasteiger partial charge in [0.2, 0.25) is 0 Å². The molecule has 3 aromatic rings. The normalized spacial score (nSPS) is 13.2. The van der Waals surface area contributed by atoms with Crippen molar-refractivity contribution in [1.82, 2.24) is 15.3 Å². The summed E-state index contributed by atoms with van der Waals surface area (Å²) in [6.45, 7) is 9.69. The quantitative estimate of drug-likeness (QED) is 0.611. The van der Waals surface area contributed by atoms with Gasteiger partial charge in [-0.1, -0.05) is 43.7 Å². The highest BCUT2D eigenvalue weighted by atomic mass is 16.3. The van der Waals surface area contributed by atoms with Gasteiger partial charge in [0.15, 0.2) is 0 Å². The molecule has 0 bridgehead atoms. The molecule has 2 atom stereocenters. The molecule has 0 saturated carbocycles. The van der Waals surface area contributed by atoms with Gasteiger partial charge in [0.25, 0.3) is 5.91 Å². The fourth-order valence-electron chi connectivity index (χ4n) is 3.24. The molecule has 1 heterocycles. The second-order valence-electron chi connectivity index (χ2n) is 8.16. The second kappa shape index (κ2) is 9.18. The van der Waals surface area contributed by atoms with Crippen molar-refractivity contribution < 1.29 is 9.90 Å². The van der Waals surface area contributed by atoms with Crippen LogP contribution in [0.25, 0.3) is 11.1 Å². The number of aliphatic hydroxyl groups excluding tert-OH is 1. The van der Waals surface area contributed by atoms with Crippen LogP contribution in [0.5, 0.6) is 0 Å². The van der Waals surface area contributed by atoms with Crippen molar-refractivity contribution in [2.45, 2.75) is 46.8 Å². The molecule has 156 valence electrons. The Morgan fingerprint density at radius 2 is 1.53 bits per heavy atom. The molecule has 0 aliphatic rings. The first-order chi connectivity index (χ1) is 14.2. The SMILES string of the molecule is Cc1ccc(-c2cc(C(=O)N[C@H](C)c3cnc(C)nc3)cc(C(O)C(C)C)c2)cc1. The van der Waals surface area contributed by atoms with Crippen LogP contribution < -0.4 is 5.32 Å². The molecule has 2 N–H and O–H groups in total. The first-order valence-electron chi connectivity index (χ1n) is 10.2. The van der Waals surface area contributed by atoms with Crippen LogP contribution in [-0.4, -0.2) is 21.0 Å². The van der Waals surface area contributed by atoms with E-state index in [-0.39, 0.29) is 17.9 Å². The summed E-state index contributed by atoms with van der Waals surface area (Å²) in [7, 11) is 0. The number of aromatic nitrogens is 2. The third-order valence-electron chi connectivity index (χ3n) is 5.22. The largest absolute Gasteiger partial charge is 0.388 e. The van der Waals surface area contributed by atoms with Gasteiger partial charge in [0.05, 0.1) is 12.1 Å². The van der Waals surface area contributed by atoms with Gasteiger partial charge < -0.3 is 10.4 Å². The van der Waals surface area contributed by atoms with Crippen LogP contribution in [0.2, 0.25) is 0 Å². The van der Waals surface area contributed by atoms with Crippen molar-refractivity contribution in [3.05, 3.63) is 82.9 Å². The molecule has 0 saturated heterocycles. The fourth-order valence-corrected chi connectivity index (χ4v) is 3.24. The van der Waals surface area contributed by atoms with E-state index in [1.807, 2.05) is 71.0 Å². The first-order valence-corrected chi connectivity index (χ1v) is 10.2. The van der Waals surface area contributed by atoms with E-state index in [1.54, 1.807) is 18.5 Å². The summed E-state index contributed by atoms with van der Waals surface area (Å²) in [5.41, 5.74) is 5.17. The van der Waals surface area contributed by atoms with E-state index in [1.165, 1.54) is 5.56 Å². The van der Waals surface area contributed by atoms with Crippen molar-refractivity contribution in [3.63, 3.8) is 0 Å². The van der Waals surface area contributed by atoms with Gasteiger partial charge in [0.1, 0.15) is 5.82 Å². The lowest BCUT2D eigenvalue weighted by molar-refractivity contribution is 0.0938. The zero-order valence-corrected chi connectivity index (χ0v) is 18.2. The third-order valence-corrected chi connectivity index (χ3v) is 5.22. The molecule has 1 aromatic heterocycles. The highest BCUT2D eigenvalue weighted by Crippen LogP contribution is 2.29. The Labute approximate surface area is 178 Å². The Hall–Kier alpha value is -3.05. The first kappa shape index (κ1) is 21.7. The number of carbonyl (C=O) groups is 1. The Bertz CT molecular complexity index is 1010. The minimum atomic E-state index is -0.648. The number of amides is 1. The lowest BCUT2D eigenvalue weighted by atomic mass is 9.92. The fraction of sp³-hybridized carbons (Fsp3) is 0.320. The molecule has 0 fully saturated rings. The lowest BCUT2D eigenvalue weighted by Gasteiger charge is -2.19. The van der Waals surface area contributed by atoms with Gasteiger partial charge in [-0.15, -0.1) is 0 Å². The van der Waals surface area contributed by atoms with Crippen LogP contribution in [0.4, 0.5) is 0 Å². The average Bonchev–Trinajstić information content (AvgIpc) is 2.73. The van der Waals surface area contributed by atoms with E-state index in [2.05, 4.69) is 15.3 Å². The minimum absolute atomic E-state index is 0.0396. The number of hydrogen-bond acceptors (Lipinski definition) is 4. The predicted octanol–water partition coefficient (Wildman–Crippen LogP) is 4.94. The zero-order valence-electron chi connectivity index (χ0n) is 18.2. The number of nitrogens with zero attached hydrogens (tertiary/aromatic N) is 2. The van der Waals surface area contributed by atoms with E-state index in [0.717, 1.165) is 22.3 Å². The summed E-state index contributed by atoms with van der Waals surface area (Å²) >= 11 is 0. The third kappa shape index (κ3) is 5.10. The lowest BCUT2D eigenvalue weighted by Crippen LogP contribution is -2.27. The van der Waals surface area contributed by atoms with Crippen LogP contribution in [0.3, 0.4) is 0 Å². The molecule has 1 unspecified atom stereocenters. The molecule has 5 nitrogen and oxygen atoms in total. The molecular weight excluding hydrogens is 374 g/mol. The van der Waals surface area contributed by atoms with E-state index < -0.39 is 6.10 Å². The monoisotopic (exact) mass is 403 g/mol. The number of aryl methyl sites for hydroxylation is 2. The summed E-state index contributed by atoms with van der Waals surface area (Å²) in [4.78, 5) is 21.4. The molecule has 0 aliphatic heterocycles. The highest BCUT2D eigenvalue weighted by molar-refractivity contribution is 5.96. The number of benzene rings is 2. The van der Waals surface area contributed by atoms with Crippen LogP contribution in [0, 0.1) is 19.8 Å². The maximum absolute atomic E-state index is 13.0. The molecule has 1 amide bonds. The van der Waals surface area contributed by atoms with Crippen molar-refractivity contribution in [2.75, 3.05) is 0 Å². The topological polar surface area (TPSA) is 75.1 Å². The van der Waals surface area contributed by atoms with Crippen LogP contribution in [-0.2, 0) is 0 Å². The average molecular weight is 404 g/mol. The highest BCUT2D eigenvalue weighted by Gasteiger charge is 2.18. The summed E-state index contributed by atoms with van der Waals surface area (Å²) in [5, 5.41) is 13.7. The molecule has 30 heavy (non-hydrogen) atoms. The predicted molar refractivity (Wildman–Crippen MR) is 119 cm³/mol. The maximum Gasteiger partial charge on any atom is 0.251 e. The molecule has 0 spiro atoms. The smallest absolute Gasteiger partial charge is 0.251 e. The Balaban J connectivity index is 1.94. The van der Waals surface area contributed by atoms with Crippen molar-refractivity contribution in [3.8, 4) is 11.1 Å². The summed E-state index contributed by atoms with van der Waals surface area (Å²) in [5.74, 6) is 0.530. The molecule has 2 aromatic carbocycles. The van der Waals surface area contributed by atoms with Gasteiger partial charge in [-0.25, -0.2) is 9.97 Å². The van der Waals surface area contributed by atoms with Crippen molar-refractivity contribution >= 4 is 5.91 Å². The van der Waals surface area contributed by atoms with Gasteiger partial charge in [-0.3, -0.25) is 4.79 Å². The molecular formula is C25H29N3O2. The van der Waals surface area contributed by atoms with Gasteiger partial charge in [-0.05, 0) is 61.6 Å². The van der Waals surface area contributed by atoms with Crippen molar-refractivity contribution in [2.24, 2.45) is 5.92 Å². The number of hydrogen-bond donors (Lipinski definition) is 2. The van der Waals surface area contributed by atoms with Crippen molar-refractivity contribution in [1.29, 1.82) is 0 Å². The van der Waals surface area contributed by atoms with E-state index in [4.69, 9.17) is 0 Å². The number of rotatable bonds is 6. The van der Waals surface area contributed by atoms with E-state index >= 15 is 0 Å². The number of nitrogens with one attached hydrogen (secondary N) is 1. The van der Waals surface area contributed by atoms with E-state index in [9.17, 15) is 9.90 Å². The summed E-state index contributed by atoms with van der Waals surface area (Å²) < 4.78 is 0. The van der Waals surface area contributed by atoms with Crippen LogP contribution >= 0.6 is 0 Å². The molecule has 5 heteroatoms. The van der Waals surface area contributed by atoms with Gasteiger partial charge in [0, 0.05) is 23.5 Å². The summed E-state index contributed by atoms with van der Waals surface area (Å²) in [6, 6.07) is 13.5. The van der Waals surface area contributed by atoms with Crippen LogP contribution in [0.1, 0.15) is 65.8 Å². The molecule has 3 rings (SSSR count). The van der Waals surface area contributed by atoms with Gasteiger partial charge >= 0.3 is 0 Å². The van der Waals surface area contributed by atoms with Gasteiger partial charge in [-0.2, -0.15) is 0 Å². The Kier molecular flexibility index (Phi) is 6.63. The standard InChI is InChI=1S/C25H29N3O2/c1-15(2)24(29)21-10-20(19-8-6-16(3)7-9-19)11-22(12-21)25(30)28-17(4)23-13-26-18(5)27-14-23/h6-15,17,24,29H,1-5H3,(H,28,30)/t17-,24?/m1/s1. The minimum Gasteiger partial charge on any atom is -0.388 e. The zero-order chi connectivity index (χ0) is 21.8. The summed E-state index contributed by atoms with van der Waals surface area (Å²) in [6.07, 6.45) is 2.80. The maximum atomic E-state index is 13.0.